The van der Waals surface area contributed by atoms with Gasteiger partial charge in [-0.25, -0.2) is 4.79 Å². The van der Waals surface area contributed by atoms with E-state index in [0.29, 0.717) is 17.7 Å². The molecule has 35 nitrogen and oxygen atoms in total. The molecule has 0 saturated carbocycles. The highest BCUT2D eigenvalue weighted by molar-refractivity contribution is 6.02. The molecule has 2 aliphatic rings. The fraction of sp³-hybridized carbons (Fsp3) is 0.677. The zero-order chi connectivity index (χ0) is 73.0. The Bertz CT molecular complexity index is 2850. The molecule has 0 aliphatic carbocycles. The van der Waals surface area contributed by atoms with Gasteiger partial charge in [-0.1, -0.05) is 82.9 Å². The van der Waals surface area contributed by atoms with Crippen molar-refractivity contribution < 1.29 is 118 Å². The van der Waals surface area contributed by atoms with E-state index in [4.69, 9.17) is 25.7 Å². The Kier molecular flexibility index (Phi) is 35.4. The van der Waals surface area contributed by atoms with E-state index in [2.05, 4.69) is 49.5 Å². The van der Waals surface area contributed by atoms with E-state index in [0.717, 1.165) is 85.8 Å². The van der Waals surface area contributed by atoms with Gasteiger partial charge in [0.15, 0.2) is 12.4 Å². The molecule has 0 radical (unpaired) electrons. The number of ether oxygens (including phenoxy) is 3. The Morgan fingerprint density at radius 1 is 0.732 bits per heavy atom. The SMILES string of the molecule is C/C=C1\NC(=O)[C@@H](Cc2ccc(O)cc2)NC(=O)[C@@H]([C@H](C)O)NC(=O)[C@H](NC(=O)[C@H](NC(=O)[C@H](O)[C@@H](O)CCCCCCCCCCC)[C@H](C)O)[C@H](C)OC(=O)[C@H](CCC(N)=O)NC(=O)[C@@H]([C@H](C)O[C@@H]2O[C@H](CO)[C@@H](O)[C@H](O)[C@@H]2O)N(C)C(=O)CNC(=O)[C@@H](CCC(N)=O)NC1=O. The van der Waals surface area contributed by atoms with Gasteiger partial charge in [-0.3, -0.25) is 52.7 Å². The highest BCUT2D eigenvalue weighted by Crippen LogP contribution is 2.25. The monoisotopic (exact) mass is 1380 g/mol. The van der Waals surface area contributed by atoms with E-state index >= 15 is 0 Å². The van der Waals surface area contributed by atoms with Gasteiger partial charge in [-0.2, -0.15) is 0 Å². The Hall–Kier alpha value is -8.00. The van der Waals surface area contributed by atoms with Crippen molar-refractivity contribution in [3.05, 3.63) is 41.6 Å². The highest BCUT2D eigenvalue weighted by atomic mass is 16.7. The summed E-state index contributed by atoms with van der Waals surface area (Å²) >= 11 is 0. The zero-order valence-corrected chi connectivity index (χ0v) is 55.6. The first kappa shape index (κ1) is 83.2. The number of carbonyl (C=O) groups excluding carboxylic acids is 12. The van der Waals surface area contributed by atoms with Crippen LogP contribution in [0.3, 0.4) is 0 Å². The predicted octanol–water partition coefficient (Wildman–Crippen LogP) is -6.11. The van der Waals surface area contributed by atoms with Crippen LogP contribution < -0.4 is 54.0 Å². The van der Waals surface area contributed by atoms with Crippen molar-refractivity contribution in [1.29, 1.82) is 0 Å². The summed E-state index contributed by atoms with van der Waals surface area (Å²) in [4.78, 5) is 168. The van der Waals surface area contributed by atoms with Crippen molar-refractivity contribution in [1.82, 2.24) is 47.4 Å². The zero-order valence-electron chi connectivity index (χ0n) is 55.6. The lowest BCUT2D eigenvalue weighted by Gasteiger charge is -2.42. The number of esters is 1. The second kappa shape index (κ2) is 41.3. The van der Waals surface area contributed by atoms with Crippen LogP contribution in [0, 0.1) is 0 Å². The van der Waals surface area contributed by atoms with Crippen molar-refractivity contribution >= 4 is 70.9 Å². The van der Waals surface area contributed by atoms with Crippen molar-refractivity contribution in [3.8, 4) is 5.75 Å². The number of hydrogen-bond donors (Lipinski definition) is 19. The number of benzene rings is 1. The van der Waals surface area contributed by atoms with Crippen LogP contribution in [-0.4, -0.2) is 252 Å². The molecule has 0 unspecified atom stereocenters. The van der Waals surface area contributed by atoms with Gasteiger partial charge in [0.05, 0.1) is 37.6 Å². The van der Waals surface area contributed by atoms with Gasteiger partial charge in [0.25, 0.3) is 11.8 Å². The number of allylic oxidation sites excluding steroid dienone is 1. The number of phenolic OH excluding ortho intramolecular Hbond substituents is 1. The molecule has 546 valence electrons. The van der Waals surface area contributed by atoms with Crippen LogP contribution >= 0.6 is 0 Å². The van der Waals surface area contributed by atoms with E-state index in [1.165, 1.54) is 31.2 Å². The quantitative estimate of drug-likeness (QED) is 0.0202. The number of carbonyl (C=O) groups is 12. The minimum absolute atomic E-state index is 0.0402. The Morgan fingerprint density at radius 2 is 1.31 bits per heavy atom. The molecule has 2 fully saturated rings. The van der Waals surface area contributed by atoms with Gasteiger partial charge in [0.2, 0.25) is 53.2 Å². The molecule has 97 heavy (non-hydrogen) atoms. The number of nitrogens with zero attached hydrogens (tertiary/aromatic N) is 1. The van der Waals surface area contributed by atoms with Crippen molar-refractivity contribution in [3.63, 3.8) is 0 Å². The smallest absolute Gasteiger partial charge is 0.329 e. The molecular formula is C62H99N11O24. The lowest BCUT2D eigenvalue weighted by molar-refractivity contribution is -0.312. The lowest BCUT2D eigenvalue weighted by Crippen LogP contribution is -2.64. The van der Waals surface area contributed by atoms with Gasteiger partial charge in [-0.15, -0.1) is 0 Å². The fourth-order valence-electron chi connectivity index (χ4n) is 10.4. The minimum Gasteiger partial charge on any atom is -0.508 e. The Morgan fingerprint density at radius 3 is 1.87 bits per heavy atom. The number of cyclic esters (lactones) is 1. The largest absolute Gasteiger partial charge is 0.508 e. The summed E-state index contributed by atoms with van der Waals surface area (Å²) in [6.45, 7) is 5.52. The maximum atomic E-state index is 14.8. The van der Waals surface area contributed by atoms with E-state index in [1.807, 2.05) is 0 Å². The normalized spacial score (nSPS) is 27.1. The molecule has 0 spiro atoms. The summed E-state index contributed by atoms with van der Waals surface area (Å²) in [6.07, 6.45) is -14.6. The minimum atomic E-state index is -2.30. The lowest BCUT2D eigenvalue weighted by atomic mass is 9.99. The number of phenols is 1. The van der Waals surface area contributed by atoms with E-state index in [1.54, 1.807) is 0 Å². The number of aromatic hydroxyl groups is 1. The van der Waals surface area contributed by atoms with Gasteiger partial charge in [0, 0.05) is 26.3 Å². The molecule has 2 heterocycles. The first-order valence-electron chi connectivity index (χ1n) is 32.2. The standard InChI is InChI=1S/C62H99N11O24/c1-8-10-11-12-13-14-15-16-17-18-40(78)49(82)60(93)71-46(31(4)76)57(90)72-47-32(5)95-61(94)38(24-26-43(64)80)68-59(92)48(33(6)96-62-52(85)51(84)50(83)41(29-74)97-62)73(7)44(81)28-65-53(86)37(23-25-42(63)79)67-54(87)36(9-2)66-55(88)39(27-34-19-21-35(77)22-20-34)69-56(89)45(30(3)75)70-58(47)91/h9,19-22,30-33,37-41,45-52,62,74-78,82-85H,8,10-18,23-29H2,1-7H3,(H2,63,79)(H2,64,80)(H,65,86)(H,66,88)(H,67,87)(H,68,92)(H,69,89)(H,70,91)(H,71,93)(H,72,90)/b36-9-/t30-,31-,32-,33-,37+,38-,39+,40-,41+,45+,46+,47+,48+,49+,50+,51-,52-,62+/m0/s1. The molecule has 18 atom stereocenters. The van der Waals surface area contributed by atoms with Crippen LogP contribution in [-0.2, 0) is 78.2 Å². The molecule has 0 aromatic heterocycles. The molecular weight excluding hydrogens is 1280 g/mol. The molecule has 2 saturated heterocycles. The number of nitrogens with one attached hydrogen (secondary N) is 8. The first-order chi connectivity index (χ1) is 45.7. The molecule has 11 amide bonds. The Balaban J connectivity index is 2.26. The summed E-state index contributed by atoms with van der Waals surface area (Å²) in [5, 5.41) is 114. The number of hydrogen-bond acceptors (Lipinski definition) is 24. The summed E-state index contributed by atoms with van der Waals surface area (Å²) in [5.74, 6) is -15.4. The third-order valence-corrected chi connectivity index (χ3v) is 16.2. The molecule has 35 heteroatoms. The molecule has 21 N–H and O–H groups in total. The molecule has 3 rings (SSSR count). The maximum Gasteiger partial charge on any atom is 0.329 e. The average Bonchev–Trinajstić information content (AvgIpc) is 1.25. The molecule has 1 aromatic rings. The van der Waals surface area contributed by atoms with Crippen LogP contribution in [0.25, 0.3) is 0 Å². The molecule has 0 bridgehead atoms. The number of nitrogens with two attached hydrogens (primary N) is 2. The fourth-order valence-corrected chi connectivity index (χ4v) is 10.4. The van der Waals surface area contributed by atoms with Crippen molar-refractivity contribution in [2.75, 3.05) is 20.2 Å². The number of primary amides is 2. The molecule has 1 aromatic carbocycles. The average molecular weight is 1380 g/mol. The van der Waals surface area contributed by atoms with E-state index in [-0.39, 0.29) is 17.7 Å². The third-order valence-electron chi connectivity index (χ3n) is 16.2. The van der Waals surface area contributed by atoms with Crippen molar-refractivity contribution in [2.24, 2.45) is 11.5 Å². The Labute approximate surface area is 560 Å². The highest BCUT2D eigenvalue weighted by Gasteiger charge is 2.47. The topological polar surface area (TPSA) is 566 Å². The van der Waals surface area contributed by atoms with Crippen LogP contribution in [0.1, 0.15) is 137 Å². The third kappa shape index (κ3) is 26.7. The van der Waals surface area contributed by atoms with E-state index < -0.39 is 232 Å². The van der Waals surface area contributed by atoms with Gasteiger partial charge in [-0.05, 0) is 71.6 Å². The predicted molar refractivity (Wildman–Crippen MR) is 339 cm³/mol. The maximum absolute atomic E-state index is 14.8. The van der Waals surface area contributed by atoms with Crippen LogP contribution in [0.15, 0.2) is 36.0 Å². The number of likely N-dealkylation sites (N-methyl/N-ethyl adjacent to an activating group) is 1. The summed E-state index contributed by atoms with van der Waals surface area (Å²) in [5.41, 5.74) is 10.5. The number of unbranched alkanes of at least 4 members (excludes halogenated alkanes) is 8. The van der Waals surface area contributed by atoms with E-state index in [9.17, 15) is 103 Å². The van der Waals surface area contributed by atoms with Gasteiger partial charge < -0.3 is 119 Å². The number of amides is 11. The second-order valence-corrected chi connectivity index (χ2v) is 24.1. The number of aliphatic hydroxyl groups excluding tert-OH is 8. The number of aliphatic hydroxyl groups is 8. The summed E-state index contributed by atoms with van der Waals surface area (Å²) in [7, 11) is 0.982. The summed E-state index contributed by atoms with van der Waals surface area (Å²) < 4.78 is 17.0. The number of rotatable bonds is 29. The van der Waals surface area contributed by atoms with Crippen molar-refractivity contribution in [2.45, 2.75) is 247 Å². The molecule has 2 aliphatic heterocycles. The second-order valence-electron chi connectivity index (χ2n) is 24.1. The van der Waals surface area contributed by atoms with Crippen LogP contribution in [0.5, 0.6) is 5.75 Å². The summed E-state index contributed by atoms with van der Waals surface area (Å²) in [6, 6.07) is -8.97. The van der Waals surface area contributed by atoms with Gasteiger partial charge in [0.1, 0.15) is 84.3 Å². The van der Waals surface area contributed by atoms with Crippen LogP contribution in [0.2, 0.25) is 0 Å². The first-order valence-corrected chi connectivity index (χ1v) is 32.2. The van der Waals surface area contributed by atoms with Crippen LogP contribution in [0.4, 0.5) is 0 Å². The van der Waals surface area contributed by atoms with Gasteiger partial charge >= 0.3 is 5.97 Å².